The number of nitrogens with zero attached hydrogens (tertiary/aromatic N) is 1. The van der Waals surface area contributed by atoms with Gasteiger partial charge in [0.05, 0.1) is 5.69 Å². The van der Waals surface area contributed by atoms with Gasteiger partial charge in [0.2, 0.25) is 0 Å². The number of hydrogen-bond acceptors (Lipinski definition) is 4. The third-order valence-corrected chi connectivity index (χ3v) is 4.63. The summed E-state index contributed by atoms with van der Waals surface area (Å²) < 4.78 is 5.40. The zero-order chi connectivity index (χ0) is 14.7. The van der Waals surface area contributed by atoms with Gasteiger partial charge in [-0.05, 0) is 19.3 Å². The lowest BCUT2D eigenvalue weighted by molar-refractivity contribution is -0.124. The molecule has 3 rings (SSSR count). The fraction of sp³-hybridized carbons (Fsp3) is 0.375. The molecule has 4 nitrogen and oxygen atoms in total. The molecule has 0 bridgehead atoms. The molecule has 1 unspecified atom stereocenters. The molecule has 1 aromatic heterocycles. The van der Waals surface area contributed by atoms with Gasteiger partial charge in [-0.2, -0.15) is 0 Å². The molecule has 1 N–H and O–H groups in total. The first-order valence-corrected chi connectivity index (χ1v) is 8.07. The molecular formula is C16H18N2O2S. The van der Waals surface area contributed by atoms with Crippen LogP contribution in [-0.4, -0.2) is 23.6 Å². The van der Waals surface area contributed by atoms with E-state index in [1.54, 1.807) is 11.3 Å². The summed E-state index contributed by atoms with van der Waals surface area (Å²) in [7, 11) is 0. The normalized spacial score (nSPS) is 17.9. The standard InChI is InChI=1S/C16H18N2O2S/c1-2-13-14(11-7-4-3-5-8-11)17-16(21-13)18-15(19)12-9-6-10-20-12/h3-5,7-8,12H,2,6,9-10H2,1H3,(H,17,18,19). The molecule has 21 heavy (non-hydrogen) atoms. The summed E-state index contributed by atoms with van der Waals surface area (Å²) in [6.07, 6.45) is 2.33. The number of nitrogens with one attached hydrogen (secondary N) is 1. The number of thiazole rings is 1. The average molecular weight is 302 g/mol. The molecule has 1 amide bonds. The van der Waals surface area contributed by atoms with Crippen LogP contribution in [0.1, 0.15) is 24.6 Å². The predicted octanol–water partition coefficient (Wildman–Crippen LogP) is 3.49. The zero-order valence-corrected chi connectivity index (χ0v) is 12.8. The smallest absolute Gasteiger partial charge is 0.255 e. The average Bonchev–Trinajstić information content (AvgIpc) is 3.17. The summed E-state index contributed by atoms with van der Waals surface area (Å²) in [5, 5.41) is 3.55. The van der Waals surface area contributed by atoms with Gasteiger partial charge in [-0.25, -0.2) is 4.98 Å². The molecular weight excluding hydrogens is 284 g/mol. The largest absolute Gasteiger partial charge is 0.368 e. The van der Waals surface area contributed by atoms with E-state index in [0.717, 1.165) is 30.5 Å². The van der Waals surface area contributed by atoms with Crippen LogP contribution in [0, 0.1) is 0 Å². The first kappa shape index (κ1) is 14.2. The Kier molecular flexibility index (Phi) is 4.31. The Morgan fingerprint density at radius 3 is 2.90 bits per heavy atom. The Balaban J connectivity index is 1.81. The molecule has 0 aliphatic carbocycles. The number of aromatic nitrogens is 1. The Morgan fingerprint density at radius 2 is 2.24 bits per heavy atom. The van der Waals surface area contributed by atoms with E-state index < -0.39 is 0 Å². The van der Waals surface area contributed by atoms with Crippen molar-refractivity contribution in [3.8, 4) is 11.3 Å². The highest BCUT2D eigenvalue weighted by Crippen LogP contribution is 2.31. The third-order valence-electron chi connectivity index (χ3n) is 3.52. The number of rotatable bonds is 4. The number of aryl methyl sites for hydroxylation is 1. The van der Waals surface area contributed by atoms with Gasteiger partial charge in [0.1, 0.15) is 6.10 Å². The molecule has 5 heteroatoms. The molecule has 0 saturated carbocycles. The minimum absolute atomic E-state index is 0.0801. The monoisotopic (exact) mass is 302 g/mol. The maximum atomic E-state index is 12.1. The van der Waals surface area contributed by atoms with Crippen LogP contribution in [0.5, 0.6) is 0 Å². The Morgan fingerprint density at radius 1 is 1.43 bits per heavy atom. The van der Waals surface area contributed by atoms with Crippen LogP contribution >= 0.6 is 11.3 Å². The summed E-state index contributed by atoms with van der Waals surface area (Å²) in [6.45, 7) is 2.77. The van der Waals surface area contributed by atoms with Crippen LogP contribution < -0.4 is 5.32 Å². The van der Waals surface area contributed by atoms with E-state index >= 15 is 0 Å². The molecule has 1 atom stereocenters. The molecule has 0 radical (unpaired) electrons. The van der Waals surface area contributed by atoms with Gasteiger partial charge < -0.3 is 4.74 Å². The maximum absolute atomic E-state index is 12.1. The Hall–Kier alpha value is -1.72. The van der Waals surface area contributed by atoms with E-state index in [1.807, 2.05) is 30.3 Å². The lowest BCUT2D eigenvalue weighted by atomic mass is 10.1. The topological polar surface area (TPSA) is 51.2 Å². The Labute approximate surface area is 128 Å². The second kappa shape index (κ2) is 6.37. The molecule has 110 valence electrons. The third kappa shape index (κ3) is 3.14. The molecule has 1 aliphatic rings. The predicted molar refractivity (Wildman–Crippen MR) is 84.5 cm³/mol. The first-order valence-electron chi connectivity index (χ1n) is 7.25. The number of anilines is 1. The van der Waals surface area contributed by atoms with Crippen molar-refractivity contribution in [1.29, 1.82) is 0 Å². The number of hydrogen-bond donors (Lipinski definition) is 1. The van der Waals surface area contributed by atoms with Crippen LogP contribution in [0.3, 0.4) is 0 Å². The van der Waals surface area contributed by atoms with Crippen molar-refractivity contribution in [2.24, 2.45) is 0 Å². The summed E-state index contributed by atoms with van der Waals surface area (Å²) in [5.74, 6) is -0.0801. The molecule has 1 aromatic carbocycles. The van der Waals surface area contributed by atoms with Gasteiger partial charge in [0.15, 0.2) is 5.13 Å². The fourth-order valence-corrected chi connectivity index (χ4v) is 3.36. The van der Waals surface area contributed by atoms with Crippen LogP contribution in [0.4, 0.5) is 5.13 Å². The van der Waals surface area contributed by atoms with E-state index in [0.29, 0.717) is 11.7 Å². The van der Waals surface area contributed by atoms with Gasteiger partial charge in [0, 0.05) is 17.0 Å². The van der Waals surface area contributed by atoms with Crippen LogP contribution in [0.2, 0.25) is 0 Å². The highest BCUT2D eigenvalue weighted by atomic mass is 32.1. The quantitative estimate of drug-likeness (QED) is 0.940. The highest BCUT2D eigenvalue weighted by molar-refractivity contribution is 7.16. The minimum Gasteiger partial charge on any atom is -0.368 e. The van der Waals surface area contributed by atoms with Crippen molar-refractivity contribution >= 4 is 22.4 Å². The van der Waals surface area contributed by atoms with E-state index in [1.165, 1.54) is 4.88 Å². The highest BCUT2D eigenvalue weighted by Gasteiger charge is 2.24. The molecule has 2 aromatic rings. The van der Waals surface area contributed by atoms with Crippen molar-refractivity contribution in [3.63, 3.8) is 0 Å². The summed E-state index contributed by atoms with van der Waals surface area (Å²) in [5.41, 5.74) is 2.05. The van der Waals surface area contributed by atoms with E-state index in [9.17, 15) is 4.79 Å². The van der Waals surface area contributed by atoms with E-state index in [4.69, 9.17) is 4.74 Å². The Bertz CT molecular complexity index is 618. The summed E-state index contributed by atoms with van der Waals surface area (Å²) in [4.78, 5) is 17.9. The molecule has 1 saturated heterocycles. The number of amides is 1. The van der Waals surface area contributed by atoms with E-state index in [2.05, 4.69) is 17.2 Å². The van der Waals surface area contributed by atoms with Gasteiger partial charge in [0.25, 0.3) is 5.91 Å². The lowest BCUT2D eigenvalue weighted by Crippen LogP contribution is -2.26. The fourth-order valence-electron chi connectivity index (χ4n) is 2.44. The van der Waals surface area contributed by atoms with Gasteiger partial charge in [-0.1, -0.05) is 37.3 Å². The van der Waals surface area contributed by atoms with Crippen molar-refractivity contribution in [1.82, 2.24) is 4.98 Å². The summed E-state index contributed by atoms with van der Waals surface area (Å²) in [6, 6.07) is 10.1. The molecule has 1 aliphatic heterocycles. The maximum Gasteiger partial charge on any atom is 0.255 e. The number of ether oxygens (including phenoxy) is 1. The molecule has 0 spiro atoms. The lowest BCUT2D eigenvalue weighted by Gasteiger charge is -2.07. The van der Waals surface area contributed by atoms with Gasteiger partial charge in [-0.3, -0.25) is 10.1 Å². The zero-order valence-electron chi connectivity index (χ0n) is 12.0. The van der Waals surface area contributed by atoms with Crippen molar-refractivity contribution < 1.29 is 9.53 Å². The number of carbonyl (C=O) groups is 1. The first-order chi connectivity index (χ1) is 10.3. The van der Waals surface area contributed by atoms with Crippen LogP contribution in [0.25, 0.3) is 11.3 Å². The van der Waals surface area contributed by atoms with Crippen molar-refractivity contribution in [3.05, 3.63) is 35.2 Å². The number of carbonyl (C=O) groups excluding carboxylic acids is 1. The molecule has 2 heterocycles. The second-order valence-electron chi connectivity index (χ2n) is 5.00. The van der Waals surface area contributed by atoms with Gasteiger partial charge in [-0.15, -0.1) is 11.3 Å². The SMILES string of the molecule is CCc1sc(NC(=O)C2CCCO2)nc1-c1ccccc1. The summed E-state index contributed by atoms with van der Waals surface area (Å²) >= 11 is 1.54. The van der Waals surface area contributed by atoms with Gasteiger partial charge >= 0.3 is 0 Å². The molecule has 1 fully saturated rings. The number of benzene rings is 1. The van der Waals surface area contributed by atoms with Crippen LogP contribution in [-0.2, 0) is 16.0 Å². The van der Waals surface area contributed by atoms with Crippen molar-refractivity contribution in [2.75, 3.05) is 11.9 Å². The van der Waals surface area contributed by atoms with E-state index in [-0.39, 0.29) is 12.0 Å². The van der Waals surface area contributed by atoms with Crippen LogP contribution in [0.15, 0.2) is 30.3 Å². The minimum atomic E-state index is -0.320. The van der Waals surface area contributed by atoms with Crippen molar-refractivity contribution in [2.45, 2.75) is 32.3 Å². The second-order valence-corrected chi connectivity index (χ2v) is 6.08.